The molecule has 0 aromatic heterocycles. The van der Waals surface area contributed by atoms with Gasteiger partial charge in [-0.15, -0.1) is 0 Å². The molecule has 1 aromatic rings. The zero-order valence-corrected chi connectivity index (χ0v) is 10.8. The van der Waals surface area contributed by atoms with Crippen molar-refractivity contribution in [3.05, 3.63) is 30.3 Å². The van der Waals surface area contributed by atoms with Gasteiger partial charge in [0, 0.05) is 0 Å². The van der Waals surface area contributed by atoms with Crippen molar-refractivity contribution in [3.63, 3.8) is 0 Å². The van der Waals surface area contributed by atoms with Gasteiger partial charge in [0.25, 0.3) is 0 Å². The lowest BCUT2D eigenvalue weighted by molar-refractivity contribution is 0.478. The Labute approximate surface area is 90.0 Å². The highest BCUT2D eigenvalue weighted by Gasteiger charge is 2.22. The Hall–Kier alpha value is -0.430. The molecule has 0 bridgehead atoms. The van der Waals surface area contributed by atoms with E-state index in [1.807, 2.05) is 0 Å². The molecule has 80 valence electrons. The summed E-state index contributed by atoms with van der Waals surface area (Å²) in [5, 5.41) is 0. The van der Waals surface area contributed by atoms with Crippen LogP contribution in [0.1, 0.15) is 20.8 Å². The molecular formula is C13H22S. The molecule has 0 nitrogen and oxygen atoms in total. The maximum Gasteiger partial charge on any atom is -0.0104 e. The fourth-order valence-corrected chi connectivity index (χ4v) is 5.18. The van der Waals surface area contributed by atoms with Crippen molar-refractivity contribution in [2.45, 2.75) is 25.7 Å². The van der Waals surface area contributed by atoms with Crippen LogP contribution in [-0.4, -0.2) is 18.3 Å². The van der Waals surface area contributed by atoms with E-state index in [0.29, 0.717) is 5.41 Å². The van der Waals surface area contributed by atoms with Crippen LogP contribution in [0, 0.1) is 5.41 Å². The lowest BCUT2D eigenvalue weighted by atomic mass is 10.0. The number of rotatable bonds is 2. The van der Waals surface area contributed by atoms with Crippen LogP contribution in [0.2, 0.25) is 0 Å². The molecule has 14 heavy (non-hydrogen) atoms. The third kappa shape index (κ3) is 3.38. The maximum absolute atomic E-state index is 2.41. The highest BCUT2D eigenvalue weighted by atomic mass is 32.3. The Morgan fingerprint density at radius 2 is 1.50 bits per heavy atom. The highest BCUT2D eigenvalue weighted by molar-refractivity contribution is 8.32. The van der Waals surface area contributed by atoms with E-state index >= 15 is 0 Å². The molecule has 1 aromatic carbocycles. The molecule has 0 saturated carbocycles. The molecule has 0 N–H and O–H groups in total. The van der Waals surface area contributed by atoms with Crippen LogP contribution >= 0.6 is 10.0 Å². The smallest absolute Gasteiger partial charge is 0.0104 e. The van der Waals surface area contributed by atoms with Crippen molar-refractivity contribution in [1.82, 2.24) is 0 Å². The topological polar surface area (TPSA) is 0 Å². The molecular weight excluding hydrogens is 188 g/mol. The minimum Gasteiger partial charge on any atom is -0.220 e. The van der Waals surface area contributed by atoms with Crippen molar-refractivity contribution in [2.24, 2.45) is 5.41 Å². The third-order valence-corrected chi connectivity index (χ3v) is 5.31. The van der Waals surface area contributed by atoms with Gasteiger partial charge in [-0.05, 0) is 28.6 Å². The van der Waals surface area contributed by atoms with Gasteiger partial charge >= 0.3 is 0 Å². The summed E-state index contributed by atoms with van der Waals surface area (Å²) in [4.78, 5) is 1.52. The molecule has 0 spiro atoms. The average Bonchev–Trinajstić information content (AvgIpc) is 2.01. The molecule has 0 aliphatic heterocycles. The fraction of sp³-hybridized carbons (Fsp3) is 0.538. The van der Waals surface area contributed by atoms with Gasteiger partial charge in [0.15, 0.2) is 0 Å². The van der Waals surface area contributed by atoms with E-state index < -0.39 is 10.0 Å². The van der Waals surface area contributed by atoms with E-state index in [2.05, 4.69) is 63.6 Å². The average molecular weight is 210 g/mol. The minimum absolute atomic E-state index is 0.425. The largest absolute Gasteiger partial charge is 0.220 e. The predicted molar refractivity (Wildman–Crippen MR) is 68.5 cm³/mol. The number of hydrogen-bond acceptors (Lipinski definition) is 0. The molecule has 0 unspecified atom stereocenters. The third-order valence-electron chi connectivity index (χ3n) is 2.18. The Morgan fingerprint density at radius 3 is 1.93 bits per heavy atom. The van der Waals surface area contributed by atoms with Gasteiger partial charge in [-0.3, -0.25) is 0 Å². The van der Waals surface area contributed by atoms with Crippen LogP contribution in [0.25, 0.3) is 0 Å². The standard InChI is InChI=1S/C13H22S/c1-13(2,3)11-14(4,5)12-9-7-6-8-10-12/h6-10H,11H2,1-5H3. The van der Waals surface area contributed by atoms with E-state index in [9.17, 15) is 0 Å². The van der Waals surface area contributed by atoms with Crippen molar-refractivity contribution < 1.29 is 0 Å². The van der Waals surface area contributed by atoms with Crippen LogP contribution in [-0.2, 0) is 0 Å². The Bertz CT molecular complexity index is 280. The Morgan fingerprint density at radius 1 is 1.00 bits per heavy atom. The second kappa shape index (κ2) is 3.98. The van der Waals surface area contributed by atoms with Crippen LogP contribution in [0.4, 0.5) is 0 Å². The van der Waals surface area contributed by atoms with Crippen LogP contribution in [0.15, 0.2) is 35.2 Å². The molecule has 1 heteroatoms. The summed E-state index contributed by atoms with van der Waals surface area (Å²) in [6.07, 6.45) is 4.82. The summed E-state index contributed by atoms with van der Waals surface area (Å²) >= 11 is 0. The second-order valence-electron chi connectivity index (χ2n) is 5.56. The summed E-state index contributed by atoms with van der Waals surface area (Å²) in [7, 11) is -0.618. The zero-order valence-electron chi connectivity index (χ0n) is 10.0. The summed E-state index contributed by atoms with van der Waals surface area (Å²) in [5.74, 6) is 1.30. The normalized spacial score (nSPS) is 14.1. The zero-order chi connectivity index (χ0) is 10.8. The van der Waals surface area contributed by atoms with Crippen molar-refractivity contribution in [3.8, 4) is 0 Å². The molecule has 1 rings (SSSR count). The molecule has 0 fully saturated rings. The van der Waals surface area contributed by atoms with E-state index in [0.717, 1.165) is 0 Å². The van der Waals surface area contributed by atoms with E-state index in [4.69, 9.17) is 0 Å². The first kappa shape index (κ1) is 11.6. The van der Waals surface area contributed by atoms with Crippen molar-refractivity contribution in [1.29, 1.82) is 0 Å². The first-order chi connectivity index (χ1) is 6.31. The monoisotopic (exact) mass is 210 g/mol. The van der Waals surface area contributed by atoms with E-state index in [1.165, 1.54) is 10.6 Å². The highest BCUT2D eigenvalue weighted by Crippen LogP contribution is 2.52. The Balaban J connectivity index is 2.86. The van der Waals surface area contributed by atoms with Gasteiger partial charge in [-0.1, -0.05) is 51.1 Å². The lowest BCUT2D eigenvalue weighted by Crippen LogP contribution is -2.17. The molecule has 0 heterocycles. The number of benzene rings is 1. The SMILES string of the molecule is CC(C)(C)CS(C)(C)c1ccccc1. The van der Waals surface area contributed by atoms with Gasteiger partial charge in [0.05, 0.1) is 0 Å². The van der Waals surface area contributed by atoms with Crippen molar-refractivity contribution in [2.75, 3.05) is 18.3 Å². The second-order valence-corrected chi connectivity index (χ2v) is 9.39. The maximum atomic E-state index is 2.41. The predicted octanol–water partition coefficient (Wildman–Crippen LogP) is 4.16. The summed E-state index contributed by atoms with van der Waals surface area (Å²) < 4.78 is 0. The van der Waals surface area contributed by atoms with Gasteiger partial charge in [0.1, 0.15) is 0 Å². The fourth-order valence-electron chi connectivity index (χ4n) is 1.95. The molecule has 0 aliphatic carbocycles. The molecule has 0 aliphatic rings. The van der Waals surface area contributed by atoms with Gasteiger partial charge in [0.2, 0.25) is 0 Å². The van der Waals surface area contributed by atoms with Gasteiger partial charge in [-0.25, -0.2) is 10.0 Å². The quantitative estimate of drug-likeness (QED) is 0.687. The van der Waals surface area contributed by atoms with Crippen LogP contribution < -0.4 is 0 Å². The van der Waals surface area contributed by atoms with E-state index in [-0.39, 0.29) is 0 Å². The molecule has 0 radical (unpaired) electrons. The first-order valence-corrected chi connectivity index (χ1v) is 7.69. The number of hydrogen-bond donors (Lipinski definition) is 0. The summed E-state index contributed by atoms with van der Waals surface area (Å²) in [6, 6.07) is 10.9. The lowest BCUT2D eigenvalue weighted by Gasteiger charge is -2.37. The summed E-state index contributed by atoms with van der Waals surface area (Å²) in [5.41, 5.74) is 0.425. The first-order valence-electron chi connectivity index (χ1n) is 5.07. The van der Waals surface area contributed by atoms with E-state index in [1.54, 1.807) is 0 Å². The van der Waals surface area contributed by atoms with Gasteiger partial charge in [-0.2, -0.15) is 0 Å². The summed E-state index contributed by atoms with van der Waals surface area (Å²) in [6.45, 7) is 6.97. The molecule has 0 saturated heterocycles. The van der Waals surface area contributed by atoms with Crippen LogP contribution in [0.5, 0.6) is 0 Å². The molecule has 0 amide bonds. The van der Waals surface area contributed by atoms with Crippen molar-refractivity contribution >= 4 is 10.0 Å². The minimum atomic E-state index is -0.618. The Kier molecular flexibility index (Phi) is 3.31. The van der Waals surface area contributed by atoms with Crippen LogP contribution in [0.3, 0.4) is 0 Å². The van der Waals surface area contributed by atoms with Gasteiger partial charge < -0.3 is 0 Å². The molecule has 0 atom stereocenters.